The molecule has 92 valence electrons. The normalized spacial score (nSPS) is 15.9. The first-order chi connectivity index (χ1) is 8.08. The molecular formula is C14H19NO2. The number of carbonyl (C=O) groups is 1. The molecule has 2 rings (SSSR count). The van der Waals surface area contributed by atoms with Crippen LogP contribution < -0.4 is 0 Å². The van der Waals surface area contributed by atoms with E-state index in [1.165, 1.54) is 19.3 Å². The van der Waals surface area contributed by atoms with Crippen LogP contribution in [0.3, 0.4) is 0 Å². The zero-order valence-corrected chi connectivity index (χ0v) is 10.4. The molecule has 1 aliphatic rings. The van der Waals surface area contributed by atoms with Gasteiger partial charge < -0.3 is 5.11 Å². The maximum absolute atomic E-state index is 11.3. The first kappa shape index (κ1) is 12.1. The number of Topliss-reactive ketones (excluding diaryl/α,β-unsaturated/α-hetero) is 1. The monoisotopic (exact) mass is 233 g/mol. The topological polar surface area (TPSA) is 40.5 Å². The van der Waals surface area contributed by atoms with E-state index in [4.69, 9.17) is 0 Å². The Bertz CT molecular complexity index is 424. The lowest BCUT2D eigenvalue weighted by Crippen LogP contribution is -2.36. The lowest BCUT2D eigenvalue weighted by molar-refractivity contribution is 0.101. The number of phenols is 1. The van der Waals surface area contributed by atoms with E-state index in [2.05, 4.69) is 11.9 Å². The molecule has 1 fully saturated rings. The van der Waals surface area contributed by atoms with Crippen molar-refractivity contribution in [2.24, 2.45) is 0 Å². The minimum atomic E-state index is 0.0394. The summed E-state index contributed by atoms with van der Waals surface area (Å²) in [5.41, 5.74) is 1.51. The molecule has 0 unspecified atom stereocenters. The number of hydrogen-bond acceptors (Lipinski definition) is 3. The molecule has 1 aliphatic carbocycles. The summed E-state index contributed by atoms with van der Waals surface area (Å²) in [7, 11) is 2.07. The molecule has 3 heteroatoms. The highest BCUT2D eigenvalue weighted by atomic mass is 16.3. The third-order valence-corrected chi connectivity index (χ3v) is 3.60. The molecule has 0 atom stereocenters. The van der Waals surface area contributed by atoms with Crippen LogP contribution in [0.25, 0.3) is 0 Å². The number of aromatic hydroxyl groups is 1. The quantitative estimate of drug-likeness (QED) is 0.813. The van der Waals surface area contributed by atoms with E-state index in [1.54, 1.807) is 25.1 Å². The Kier molecular flexibility index (Phi) is 3.48. The highest BCUT2D eigenvalue weighted by Crippen LogP contribution is 2.27. The Hall–Kier alpha value is -1.35. The van der Waals surface area contributed by atoms with E-state index in [0.717, 1.165) is 5.56 Å². The van der Waals surface area contributed by atoms with Crippen molar-refractivity contribution in [3.8, 4) is 5.75 Å². The second-order valence-corrected chi connectivity index (χ2v) is 4.90. The van der Waals surface area contributed by atoms with Crippen molar-refractivity contribution in [1.82, 2.24) is 4.90 Å². The third kappa shape index (κ3) is 2.67. The van der Waals surface area contributed by atoms with Gasteiger partial charge in [-0.1, -0.05) is 6.42 Å². The van der Waals surface area contributed by atoms with Gasteiger partial charge in [0.15, 0.2) is 5.78 Å². The first-order valence-corrected chi connectivity index (χ1v) is 6.11. The van der Waals surface area contributed by atoms with Gasteiger partial charge in [0.05, 0.1) is 0 Å². The van der Waals surface area contributed by atoms with Crippen LogP contribution in [0.2, 0.25) is 0 Å². The predicted molar refractivity (Wildman–Crippen MR) is 67.2 cm³/mol. The van der Waals surface area contributed by atoms with E-state index in [0.29, 0.717) is 18.2 Å². The molecule has 0 aliphatic heterocycles. The molecule has 3 nitrogen and oxygen atoms in total. The molecule has 0 saturated heterocycles. The number of carbonyl (C=O) groups excluding carboxylic acids is 1. The standard InChI is InChI=1S/C14H19NO2/c1-10(16)11-6-7-14(17)12(8-11)9-15(2)13-4-3-5-13/h6-8,13,17H,3-5,9H2,1-2H3. The Balaban J connectivity index is 2.13. The summed E-state index contributed by atoms with van der Waals surface area (Å²) in [5.74, 6) is 0.318. The SMILES string of the molecule is CC(=O)c1ccc(O)c(CN(C)C2CCC2)c1. The summed E-state index contributed by atoms with van der Waals surface area (Å²) in [6.45, 7) is 2.25. The largest absolute Gasteiger partial charge is 0.508 e. The van der Waals surface area contributed by atoms with Gasteiger partial charge in [0, 0.05) is 23.7 Å². The molecule has 1 aromatic carbocycles. The third-order valence-electron chi connectivity index (χ3n) is 3.60. The van der Waals surface area contributed by atoms with Crippen LogP contribution in [-0.2, 0) is 6.54 Å². The van der Waals surface area contributed by atoms with Gasteiger partial charge in [0.1, 0.15) is 5.75 Å². The number of hydrogen-bond donors (Lipinski definition) is 1. The van der Waals surface area contributed by atoms with Gasteiger partial charge in [-0.25, -0.2) is 0 Å². The zero-order valence-electron chi connectivity index (χ0n) is 10.4. The summed E-state index contributed by atoms with van der Waals surface area (Å²) in [4.78, 5) is 13.6. The molecular weight excluding hydrogens is 214 g/mol. The Morgan fingerprint density at radius 2 is 2.18 bits per heavy atom. The van der Waals surface area contributed by atoms with Gasteiger partial charge in [-0.05, 0) is 45.0 Å². The summed E-state index contributed by atoms with van der Waals surface area (Å²) in [6, 6.07) is 5.72. The summed E-state index contributed by atoms with van der Waals surface area (Å²) in [6.07, 6.45) is 3.78. The lowest BCUT2D eigenvalue weighted by Gasteiger charge is -2.34. The minimum Gasteiger partial charge on any atom is -0.508 e. The number of nitrogens with zero attached hydrogens (tertiary/aromatic N) is 1. The van der Waals surface area contributed by atoms with E-state index >= 15 is 0 Å². The number of phenolic OH excluding ortho intramolecular Hbond substituents is 1. The van der Waals surface area contributed by atoms with Crippen LogP contribution >= 0.6 is 0 Å². The highest BCUT2D eigenvalue weighted by molar-refractivity contribution is 5.94. The molecule has 1 N–H and O–H groups in total. The van der Waals surface area contributed by atoms with E-state index in [-0.39, 0.29) is 11.5 Å². The van der Waals surface area contributed by atoms with Crippen LogP contribution in [0, 0.1) is 0 Å². The van der Waals surface area contributed by atoms with Crippen molar-refractivity contribution in [3.05, 3.63) is 29.3 Å². The predicted octanol–water partition coefficient (Wildman–Crippen LogP) is 2.58. The van der Waals surface area contributed by atoms with E-state index < -0.39 is 0 Å². The number of rotatable bonds is 4. The lowest BCUT2D eigenvalue weighted by atomic mass is 9.91. The van der Waals surface area contributed by atoms with Crippen molar-refractivity contribution in [1.29, 1.82) is 0 Å². The number of benzene rings is 1. The maximum atomic E-state index is 11.3. The Labute approximate surface area is 102 Å². The molecule has 17 heavy (non-hydrogen) atoms. The van der Waals surface area contributed by atoms with Crippen LogP contribution in [0.1, 0.15) is 42.1 Å². The van der Waals surface area contributed by atoms with Gasteiger partial charge in [0.25, 0.3) is 0 Å². The van der Waals surface area contributed by atoms with E-state index in [1.807, 2.05) is 0 Å². The summed E-state index contributed by atoms with van der Waals surface area (Å²) < 4.78 is 0. The molecule has 0 amide bonds. The van der Waals surface area contributed by atoms with Gasteiger partial charge in [0.2, 0.25) is 0 Å². The number of ketones is 1. The average molecular weight is 233 g/mol. The van der Waals surface area contributed by atoms with Gasteiger partial charge in [-0.15, -0.1) is 0 Å². The average Bonchev–Trinajstić information content (AvgIpc) is 2.18. The Morgan fingerprint density at radius 1 is 1.47 bits per heavy atom. The van der Waals surface area contributed by atoms with Crippen LogP contribution in [0.4, 0.5) is 0 Å². The Morgan fingerprint density at radius 3 is 2.71 bits per heavy atom. The molecule has 0 heterocycles. The van der Waals surface area contributed by atoms with Crippen LogP contribution in [0.5, 0.6) is 5.75 Å². The van der Waals surface area contributed by atoms with Crippen molar-refractivity contribution in [2.45, 2.75) is 38.8 Å². The minimum absolute atomic E-state index is 0.0394. The van der Waals surface area contributed by atoms with Crippen molar-refractivity contribution in [2.75, 3.05) is 7.05 Å². The second kappa shape index (κ2) is 4.88. The fraction of sp³-hybridized carbons (Fsp3) is 0.500. The molecule has 0 radical (unpaired) electrons. The summed E-state index contributed by atoms with van der Waals surface area (Å²) >= 11 is 0. The fourth-order valence-electron chi connectivity index (χ4n) is 2.16. The van der Waals surface area contributed by atoms with Crippen LogP contribution in [-0.4, -0.2) is 28.9 Å². The summed E-state index contributed by atoms with van der Waals surface area (Å²) in [5, 5.41) is 9.80. The zero-order chi connectivity index (χ0) is 12.4. The van der Waals surface area contributed by atoms with Crippen LogP contribution in [0.15, 0.2) is 18.2 Å². The van der Waals surface area contributed by atoms with Crippen molar-refractivity contribution < 1.29 is 9.90 Å². The highest BCUT2D eigenvalue weighted by Gasteiger charge is 2.22. The molecule has 1 aromatic rings. The van der Waals surface area contributed by atoms with Crippen molar-refractivity contribution in [3.63, 3.8) is 0 Å². The van der Waals surface area contributed by atoms with Gasteiger partial charge >= 0.3 is 0 Å². The molecule has 1 saturated carbocycles. The van der Waals surface area contributed by atoms with Gasteiger partial charge in [-0.3, -0.25) is 9.69 Å². The fourth-order valence-corrected chi connectivity index (χ4v) is 2.16. The maximum Gasteiger partial charge on any atom is 0.159 e. The first-order valence-electron chi connectivity index (χ1n) is 6.11. The van der Waals surface area contributed by atoms with Gasteiger partial charge in [-0.2, -0.15) is 0 Å². The second-order valence-electron chi connectivity index (χ2n) is 4.90. The molecule has 0 bridgehead atoms. The van der Waals surface area contributed by atoms with E-state index in [9.17, 15) is 9.90 Å². The van der Waals surface area contributed by atoms with Crippen molar-refractivity contribution >= 4 is 5.78 Å². The molecule has 0 aromatic heterocycles. The smallest absolute Gasteiger partial charge is 0.159 e. The molecule has 0 spiro atoms.